The van der Waals surface area contributed by atoms with E-state index in [1.807, 2.05) is 20.9 Å². The summed E-state index contributed by atoms with van der Waals surface area (Å²) in [6.45, 7) is 4.82. The number of aryl methyl sites for hydroxylation is 2. The maximum Gasteiger partial charge on any atom is 0.240 e. The molecule has 0 bridgehead atoms. The summed E-state index contributed by atoms with van der Waals surface area (Å²) in [6.07, 6.45) is 0.882. The molecule has 1 atom stereocenters. The quantitative estimate of drug-likeness (QED) is 0.539. The highest BCUT2D eigenvalue weighted by molar-refractivity contribution is 14.1. The predicted octanol–water partition coefficient (Wildman–Crippen LogP) is 1.67. The Bertz CT molecular complexity index is 413. The molecule has 0 fully saturated rings. The maximum absolute atomic E-state index is 11.9. The zero-order chi connectivity index (χ0) is 11.2. The van der Waals surface area contributed by atoms with E-state index in [4.69, 9.17) is 0 Å². The number of amides is 1. The van der Waals surface area contributed by atoms with E-state index in [1.165, 1.54) is 0 Å². The highest BCUT2D eigenvalue weighted by atomic mass is 127. The molecule has 0 aliphatic carbocycles. The third-order valence-corrected chi connectivity index (χ3v) is 3.98. The molecular weight excluding hydrogens is 305 g/mol. The average molecular weight is 319 g/mol. The minimum Gasteiger partial charge on any atom is -0.315 e. The van der Waals surface area contributed by atoms with E-state index in [0.717, 1.165) is 30.3 Å². The summed E-state index contributed by atoms with van der Waals surface area (Å²) in [7, 11) is 1.83. The summed E-state index contributed by atoms with van der Waals surface area (Å²) >= 11 is 2.22. The predicted molar refractivity (Wildman–Crippen MR) is 67.5 cm³/mol. The van der Waals surface area contributed by atoms with Gasteiger partial charge < -0.3 is 4.57 Å². The minimum absolute atomic E-state index is 0.0753. The SMILES string of the molecule is Cc1nc(C)n2c1N(C)C(=O)C(I)CC2. The van der Waals surface area contributed by atoms with Crippen molar-refractivity contribution < 1.29 is 4.79 Å². The van der Waals surface area contributed by atoms with Crippen molar-refractivity contribution in [1.29, 1.82) is 0 Å². The molecule has 1 aliphatic rings. The van der Waals surface area contributed by atoms with Crippen LogP contribution in [0.4, 0.5) is 5.82 Å². The number of carbonyl (C=O) groups is 1. The number of nitrogens with zero attached hydrogens (tertiary/aromatic N) is 3. The number of hydrogen-bond acceptors (Lipinski definition) is 2. The van der Waals surface area contributed by atoms with E-state index in [2.05, 4.69) is 32.1 Å². The van der Waals surface area contributed by atoms with Crippen LogP contribution in [0, 0.1) is 13.8 Å². The highest BCUT2D eigenvalue weighted by Crippen LogP contribution is 2.27. The van der Waals surface area contributed by atoms with E-state index >= 15 is 0 Å². The minimum atomic E-state index is 0.0753. The van der Waals surface area contributed by atoms with Gasteiger partial charge in [-0.05, 0) is 20.3 Å². The molecular formula is C10H14IN3O. The van der Waals surface area contributed by atoms with Crippen LogP contribution in [0.15, 0.2) is 0 Å². The van der Waals surface area contributed by atoms with Crippen molar-refractivity contribution in [3.8, 4) is 0 Å². The fourth-order valence-electron chi connectivity index (χ4n) is 2.07. The number of fused-ring (bicyclic) bond motifs is 1. The molecule has 0 radical (unpaired) electrons. The van der Waals surface area contributed by atoms with Crippen molar-refractivity contribution in [2.45, 2.75) is 30.7 Å². The molecule has 0 saturated carbocycles. The van der Waals surface area contributed by atoms with Gasteiger partial charge in [-0.25, -0.2) is 4.98 Å². The van der Waals surface area contributed by atoms with Gasteiger partial charge in [-0.3, -0.25) is 9.69 Å². The van der Waals surface area contributed by atoms with Gasteiger partial charge in [-0.15, -0.1) is 0 Å². The number of halogens is 1. The molecule has 1 amide bonds. The van der Waals surface area contributed by atoms with Crippen LogP contribution in [-0.2, 0) is 11.3 Å². The Labute approximate surface area is 103 Å². The van der Waals surface area contributed by atoms with Gasteiger partial charge in [0.1, 0.15) is 11.6 Å². The van der Waals surface area contributed by atoms with Gasteiger partial charge in [-0.2, -0.15) is 0 Å². The number of alkyl halides is 1. The second-order valence-corrected chi connectivity index (χ2v) is 5.38. The molecule has 0 N–H and O–H groups in total. The number of anilines is 1. The third kappa shape index (κ3) is 1.66. The molecule has 82 valence electrons. The number of imidazole rings is 1. The molecule has 0 spiro atoms. The van der Waals surface area contributed by atoms with Gasteiger partial charge in [0.15, 0.2) is 0 Å². The highest BCUT2D eigenvalue weighted by Gasteiger charge is 2.28. The van der Waals surface area contributed by atoms with Gasteiger partial charge in [-0.1, -0.05) is 22.6 Å². The van der Waals surface area contributed by atoms with Gasteiger partial charge >= 0.3 is 0 Å². The number of carbonyl (C=O) groups excluding carboxylic acids is 1. The van der Waals surface area contributed by atoms with Crippen molar-refractivity contribution in [3.05, 3.63) is 11.5 Å². The topological polar surface area (TPSA) is 38.1 Å². The summed E-state index contributed by atoms with van der Waals surface area (Å²) in [5.41, 5.74) is 0.939. The summed E-state index contributed by atoms with van der Waals surface area (Å²) in [5, 5.41) is 0. The first kappa shape index (κ1) is 10.9. The molecule has 5 heteroatoms. The normalized spacial score (nSPS) is 21.5. The second-order valence-electron chi connectivity index (χ2n) is 3.87. The molecule has 1 aromatic rings. The second kappa shape index (κ2) is 3.77. The molecule has 4 nitrogen and oxygen atoms in total. The molecule has 15 heavy (non-hydrogen) atoms. The Kier molecular flexibility index (Phi) is 2.74. The van der Waals surface area contributed by atoms with Crippen molar-refractivity contribution >= 4 is 34.3 Å². The Hall–Kier alpha value is -0.590. The maximum atomic E-state index is 11.9. The lowest BCUT2D eigenvalue weighted by atomic mass is 10.3. The lowest BCUT2D eigenvalue weighted by Gasteiger charge is -2.17. The first-order chi connectivity index (χ1) is 7.02. The molecule has 1 unspecified atom stereocenters. The van der Waals surface area contributed by atoms with Crippen LogP contribution < -0.4 is 4.90 Å². The van der Waals surface area contributed by atoms with Crippen LogP contribution in [0.2, 0.25) is 0 Å². The largest absolute Gasteiger partial charge is 0.315 e. The molecule has 1 aromatic heterocycles. The van der Waals surface area contributed by atoms with Crippen LogP contribution in [0.25, 0.3) is 0 Å². The van der Waals surface area contributed by atoms with Crippen molar-refractivity contribution in [2.24, 2.45) is 0 Å². The molecule has 2 rings (SSSR count). The Morgan fingerprint density at radius 3 is 2.80 bits per heavy atom. The summed E-state index contributed by atoms with van der Waals surface area (Å²) in [5.74, 6) is 2.13. The fourth-order valence-corrected chi connectivity index (χ4v) is 2.77. The lowest BCUT2D eigenvalue weighted by molar-refractivity contribution is -0.117. The fraction of sp³-hybridized carbons (Fsp3) is 0.600. The van der Waals surface area contributed by atoms with Gasteiger partial charge in [0.2, 0.25) is 5.91 Å². The summed E-state index contributed by atoms with van der Waals surface area (Å²) in [6, 6.07) is 0. The number of rotatable bonds is 0. The van der Waals surface area contributed by atoms with E-state index in [-0.39, 0.29) is 9.83 Å². The smallest absolute Gasteiger partial charge is 0.240 e. The van der Waals surface area contributed by atoms with E-state index < -0.39 is 0 Å². The van der Waals surface area contributed by atoms with Gasteiger partial charge in [0.05, 0.1) is 9.62 Å². The first-order valence-corrected chi connectivity index (χ1v) is 6.22. The first-order valence-electron chi connectivity index (χ1n) is 4.97. The van der Waals surface area contributed by atoms with Crippen LogP contribution in [0.1, 0.15) is 17.9 Å². The number of aromatic nitrogens is 2. The molecule has 0 aromatic carbocycles. The van der Waals surface area contributed by atoms with Gasteiger partial charge in [0.25, 0.3) is 0 Å². The van der Waals surface area contributed by atoms with Crippen molar-refractivity contribution in [1.82, 2.24) is 9.55 Å². The molecule has 1 aliphatic heterocycles. The standard InChI is InChI=1S/C10H14IN3O/c1-6-9-13(3)10(15)8(11)4-5-14(9)7(2)12-6/h8H,4-5H2,1-3H3. The Balaban J connectivity index is 2.54. The zero-order valence-corrected chi connectivity index (χ0v) is 11.3. The van der Waals surface area contributed by atoms with E-state index in [0.29, 0.717) is 0 Å². The van der Waals surface area contributed by atoms with E-state index in [1.54, 1.807) is 4.90 Å². The molecule has 0 saturated heterocycles. The number of hydrogen-bond donors (Lipinski definition) is 0. The summed E-state index contributed by atoms with van der Waals surface area (Å²) in [4.78, 5) is 18.1. The Morgan fingerprint density at radius 2 is 2.13 bits per heavy atom. The van der Waals surface area contributed by atoms with Crippen LogP contribution in [0.5, 0.6) is 0 Å². The average Bonchev–Trinajstić information content (AvgIpc) is 2.41. The van der Waals surface area contributed by atoms with E-state index in [9.17, 15) is 4.79 Å². The van der Waals surface area contributed by atoms with Crippen LogP contribution >= 0.6 is 22.6 Å². The van der Waals surface area contributed by atoms with Crippen LogP contribution in [-0.4, -0.2) is 26.4 Å². The van der Waals surface area contributed by atoms with Gasteiger partial charge in [0, 0.05) is 13.6 Å². The third-order valence-electron chi connectivity index (χ3n) is 2.82. The zero-order valence-electron chi connectivity index (χ0n) is 9.12. The monoisotopic (exact) mass is 319 g/mol. The lowest BCUT2D eigenvalue weighted by Crippen LogP contribution is -2.32. The van der Waals surface area contributed by atoms with Crippen molar-refractivity contribution in [3.63, 3.8) is 0 Å². The Morgan fingerprint density at radius 1 is 1.47 bits per heavy atom. The molecule has 2 heterocycles. The summed E-state index contributed by atoms with van der Waals surface area (Å²) < 4.78 is 2.21. The van der Waals surface area contributed by atoms with Crippen molar-refractivity contribution in [2.75, 3.05) is 11.9 Å². The van der Waals surface area contributed by atoms with Crippen LogP contribution in [0.3, 0.4) is 0 Å².